The van der Waals surface area contributed by atoms with Crippen LogP contribution in [-0.4, -0.2) is 35.4 Å². The van der Waals surface area contributed by atoms with Crippen molar-refractivity contribution in [2.45, 2.75) is 56.4 Å². The van der Waals surface area contributed by atoms with Crippen LogP contribution in [0.1, 0.15) is 32.1 Å². The fraction of sp³-hybridized carbons (Fsp3) is 0.900. The van der Waals surface area contributed by atoms with Gasteiger partial charge in [-0.1, -0.05) is 6.42 Å². The Morgan fingerprint density at radius 2 is 1.93 bits per heavy atom. The highest BCUT2D eigenvalue weighted by atomic mass is 16.8. The Labute approximate surface area is 87.3 Å². The summed E-state index contributed by atoms with van der Waals surface area (Å²) in [6.45, 7) is 0. The van der Waals surface area contributed by atoms with Gasteiger partial charge in [-0.05, 0) is 12.8 Å². The lowest BCUT2D eigenvalue weighted by Crippen LogP contribution is -2.36. The molecule has 0 unspecified atom stereocenters. The van der Waals surface area contributed by atoms with Crippen LogP contribution in [-0.2, 0) is 19.0 Å². The van der Waals surface area contributed by atoms with Crippen LogP contribution in [0.2, 0.25) is 0 Å². The summed E-state index contributed by atoms with van der Waals surface area (Å²) in [5.74, 6) is -1.14. The molecule has 0 bridgehead atoms. The summed E-state index contributed by atoms with van der Waals surface area (Å²) in [6.07, 6.45) is 2.36. The van der Waals surface area contributed by atoms with E-state index in [1.807, 2.05) is 0 Å². The summed E-state index contributed by atoms with van der Waals surface area (Å²) in [7, 11) is 0. The molecule has 15 heavy (non-hydrogen) atoms. The number of fused-ring (bicyclic) bond motifs is 1. The quantitative estimate of drug-likeness (QED) is 0.588. The van der Waals surface area contributed by atoms with Crippen LogP contribution in [0, 0.1) is 0 Å². The molecule has 84 valence electrons. The van der Waals surface area contributed by atoms with Gasteiger partial charge < -0.3 is 19.3 Å². The van der Waals surface area contributed by atoms with Crippen molar-refractivity contribution in [2.75, 3.05) is 0 Å². The molecule has 5 nitrogen and oxygen atoms in total. The average molecular weight is 214 g/mol. The van der Waals surface area contributed by atoms with Gasteiger partial charge in [0, 0.05) is 12.8 Å². The van der Waals surface area contributed by atoms with Crippen molar-refractivity contribution in [3.05, 3.63) is 0 Å². The molecule has 0 amide bonds. The van der Waals surface area contributed by atoms with E-state index in [2.05, 4.69) is 4.74 Å². The predicted octanol–water partition coefficient (Wildman–Crippen LogP) is 0.306. The van der Waals surface area contributed by atoms with Crippen LogP contribution in [0.5, 0.6) is 0 Å². The molecule has 1 spiro atoms. The third kappa shape index (κ3) is 1.38. The van der Waals surface area contributed by atoms with E-state index in [4.69, 9.17) is 9.47 Å². The summed E-state index contributed by atoms with van der Waals surface area (Å²) in [4.78, 5) is 11.3. The van der Waals surface area contributed by atoms with E-state index in [0.717, 1.165) is 25.7 Å². The van der Waals surface area contributed by atoms with Gasteiger partial charge >= 0.3 is 5.97 Å². The zero-order valence-corrected chi connectivity index (χ0v) is 8.35. The Morgan fingerprint density at radius 3 is 2.60 bits per heavy atom. The average Bonchev–Trinajstić information content (AvgIpc) is 2.69. The summed E-state index contributed by atoms with van der Waals surface area (Å²) < 4.78 is 15.9. The van der Waals surface area contributed by atoms with E-state index in [9.17, 15) is 9.90 Å². The third-order valence-electron chi connectivity index (χ3n) is 3.36. The largest absolute Gasteiger partial charge is 0.431 e. The van der Waals surface area contributed by atoms with Crippen molar-refractivity contribution in [3.8, 4) is 0 Å². The van der Waals surface area contributed by atoms with Gasteiger partial charge in [0.1, 0.15) is 0 Å². The standard InChI is InChI=1S/C10H14O5/c11-8-6-7(9(12)13-8)15-10(14-6)4-2-1-3-5-10/h6-8,11H,1-5H2/t6-,7-,8+/m1/s1. The highest BCUT2D eigenvalue weighted by Crippen LogP contribution is 2.43. The van der Waals surface area contributed by atoms with Gasteiger partial charge in [-0.15, -0.1) is 0 Å². The van der Waals surface area contributed by atoms with E-state index >= 15 is 0 Å². The van der Waals surface area contributed by atoms with E-state index in [1.165, 1.54) is 6.42 Å². The van der Waals surface area contributed by atoms with Crippen molar-refractivity contribution in [3.63, 3.8) is 0 Å². The minimum atomic E-state index is -1.16. The van der Waals surface area contributed by atoms with Crippen LogP contribution in [0.25, 0.3) is 0 Å². The maximum absolute atomic E-state index is 11.3. The second kappa shape index (κ2) is 3.17. The number of carbonyl (C=O) groups excluding carboxylic acids is 1. The maximum atomic E-state index is 11.3. The molecule has 1 aliphatic carbocycles. The molecular weight excluding hydrogens is 200 g/mol. The zero-order chi connectivity index (χ0) is 10.5. The number of rotatable bonds is 0. The molecule has 1 saturated carbocycles. The zero-order valence-electron chi connectivity index (χ0n) is 8.35. The third-order valence-corrected chi connectivity index (χ3v) is 3.36. The lowest BCUT2D eigenvalue weighted by atomic mass is 9.94. The normalized spacial score (nSPS) is 43.0. The number of hydrogen-bond donors (Lipinski definition) is 1. The first-order valence-corrected chi connectivity index (χ1v) is 5.44. The molecule has 0 radical (unpaired) electrons. The molecule has 2 aliphatic heterocycles. The van der Waals surface area contributed by atoms with Crippen molar-refractivity contribution >= 4 is 5.97 Å². The van der Waals surface area contributed by atoms with Crippen molar-refractivity contribution < 1.29 is 24.1 Å². The maximum Gasteiger partial charge on any atom is 0.340 e. The Balaban J connectivity index is 1.79. The van der Waals surface area contributed by atoms with Crippen LogP contribution < -0.4 is 0 Å². The Hall–Kier alpha value is -0.650. The number of carbonyl (C=O) groups is 1. The van der Waals surface area contributed by atoms with Gasteiger partial charge in [0.2, 0.25) is 6.29 Å². The van der Waals surface area contributed by atoms with Crippen LogP contribution in [0.15, 0.2) is 0 Å². The van der Waals surface area contributed by atoms with Gasteiger partial charge in [-0.3, -0.25) is 0 Å². The van der Waals surface area contributed by atoms with E-state index in [1.54, 1.807) is 0 Å². The Bertz CT molecular complexity index is 284. The minimum Gasteiger partial charge on any atom is -0.431 e. The second-order valence-electron chi connectivity index (χ2n) is 4.42. The molecule has 3 rings (SSSR count). The lowest BCUT2D eigenvalue weighted by Gasteiger charge is -2.32. The van der Waals surface area contributed by atoms with Gasteiger partial charge in [0.05, 0.1) is 0 Å². The monoisotopic (exact) mass is 214 g/mol. The number of aliphatic hydroxyl groups excluding tert-OH is 1. The molecule has 5 heteroatoms. The second-order valence-corrected chi connectivity index (χ2v) is 4.42. The summed E-state index contributed by atoms with van der Waals surface area (Å²) >= 11 is 0. The van der Waals surface area contributed by atoms with E-state index in [-0.39, 0.29) is 0 Å². The molecular formula is C10H14O5. The van der Waals surface area contributed by atoms with Crippen LogP contribution >= 0.6 is 0 Å². The number of aliphatic hydroxyl groups is 1. The smallest absolute Gasteiger partial charge is 0.340 e. The molecule has 2 heterocycles. The summed E-state index contributed by atoms with van der Waals surface area (Å²) in [5, 5.41) is 9.44. The van der Waals surface area contributed by atoms with E-state index < -0.39 is 30.3 Å². The topological polar surface area (TPSA) is 65.0 Å². The molecule has 2 saturated heterocycles. The predicted molar refractivity (Wildman–Crippen MR) is 47.7 cm³/mol. The van der Waals surface area contributed by atoms with Gasteiger partial charge in [-0.2, -0.15) is 0 Å². The fourth-order valence-corrected chi connectivity index (χ4v) is 2.61. The molecule has 0 aromatic heterocycles. The first-order valence-electron chi connectivity index (χ1n) is 5.44. The number of cyclic esters (lactones) is 1. The summed E-state index contributed by atoms with van der Waals surface area (Å²) in [5.41, 5.74) is 0. The summed E-state index contributed by atoms with van der Waals surface area (Å²) in [6, 6.07) is 0. The minimum absolute atomic E-state index is 0.505. The van der Waals surface area contributed by atoms with Crippen molar-refractivity contribution in [1.29, 1.82) is 0 Å². The SMILES string of the molecule is O=C1O[C@H](O)[C@@H]2OC3(CCCCC3)O[C@@H]12. The molecule has 0 aromatic carbocycles. The Kier molecular flexibility index (Phi) is 2.02. The van der Waals surface area contributed by atoms with E-state index in [0.29, 0.717) is 0 Å². The van der Waals surface area contributed by atoms with Gasteiger partial charge in [0.15, 0.2) is 18.0 Å². The fourth-order valence-electron chi connectivity index (χ4n) is 2.61. The molecule has 1 N–H and O–H groups in total. The molecule has 3 atom stereocenters. The highest BCUT2D eigenvalue weighted by Gasteiger charge is 2.58. The van der Waals surface area contributed by atoms with Crippen molar-refractivity contribution in [1.82, 2.24) is 0 Å². The first kappa shape index (κ1) is 9.57. The van der Waals surface area contributed by atoms with Crippen LogP contribution in [0.4, 0.5) is 0 Å². The molecule has 0 aromatic rings. The molecule has 3 aliphatic rings. The van der Waals surface area contributed by atoms with Crippen LogP contribution in [0.3, 0.4) is 0 Å². The number of hydrogen-bond acceptors (Lipinski definition) is 5. The number of esters is 1. The van der Waals surface area contributed by atoms with Crippen molar-refractivity contribution in [2.24, 2.45) is 0 Å². The highest BCUT2D eigenvalue weighted by molar-refractivity contribution is 5.78. The first-order chi connectivity index (χ1) is 7.20. The Morgan fingerprint density at radius 1 is 1.20 bits per heavy atom. The number of ether oxygens (including phenoxy) is 3. The van der Waals surface area contributed by atoms with Gasteiger partial charge in [0.25, 0.3) is 0 Å². The van der Waals surface area contributed by atoms with Gasteiger partial charge in [-0.25, -0.2) is 4.79 Å². The lowest BCUT2D eigenvalue weighted by molar-refractivity contribution is -0.233. The molecule has 3 fully saturated rings.